The highest BCUT2D eigenvalue weighted by molar-refractivity contribution is 5.79. The second-order valence-electron chi connectivity index (χ2n) is 9.18. The molecule has 2 aliphatic rings. The summed E-state index contributed by atoms with van der Waals surface area (Å²) in [7, 11) is 4.88. The monoisotopic (exact) mass is 495 g/mol. The van der Waals surface area contributed by atoms with Crippen molar-refractivity contribution in [3.63, 3.8) is 0 Å². The molecule has 192 valence electrons. The minimum atomic E-state index is 0.0670. The van der Waals surface area contributed by atoms with Gasteiger partial charge in [0.1, 0.15) is 12.1 Å². The quantitative estimate of drug-likeness (QED) is 0.485. The van der Waals surface area contributed by atoms with Crippen LogP contribution in [0.4, 0.5) is 5.82 Å². The fourth-order valence-corrected chi connectivity index (χ4v) is 5.16. The number of hydrogen-bond donors (Lipinski definition) is 0. The summed E-state index contributed by atoms with van der Waals surface area (Å²) in [5.74, 6) is 3.19. The molecule has 1 amide bonds. The van der Waals surface area contributed by atoms with Gasteiger partial charge in [-0.2, -0.15) is 4.52 Å². The number of piperazine rings is 1. The highest BCUT2D eigenvalue weighted by Gasteiger charge is 2.31. The van der Waals surface area contributed by atoms with E-state index in [0.717, 1.165) is 75.7 Å². The fraction of sp³-hybridized carbons (Fsp3) is 0.520. The molecule has 0 atom stereocenters. The Morgan fingerprint density at radius 2 is 1.67 bits per heavy atom. The molecule has 11 nitrogen and oxygen atoms in total. The van der Waals surface area contributed by atoms with Gasteiger partial charge in [-0.15, -0.1) is 15.3 Å². The molecule has 4 heterocycles. The first-order valence-electron chi connectivity index (χ1n) is 12.3. The van der Waals surface area contributed by atoms with Crippen LogP contribution in [0.25, 0.3) is 5.65 Å². The number of carbonyl (C=O) groups is 1. The SMILES string of the molecule is COc1ccc(CN2CCN(C(=O)C3CCN(c4ccc5nncn5n4)CC3)CC2)c(OC)c1OC. The van der Waals surface area contributed by atoms with Crippen molar-refractivity contribution in [2.75, 3.05) is 65.5 Å². The summed E-state index contributed by atoms with van der Waals surface area (Å²) in [5, 5.41) is 12.5. The van der Waals surface area contributed by atoms with Crippen molar-refractivity contribution >= 4 is 17.4 Å². The van der Waals surface area contributed by atoms with Crippen LogP contribution >= 0.6 is 0 Å². The van der Waals surface area contributed by atoms with Gasteiger partial charge in [-0.1, -0.05) is 6.07 Å². The van der Waals surface area contributed by atoms with Crippen LogP contribution in [0.15, 0.2) is 30.6 Å². The van der Waals surface area contributed by atoms with E-state index in [-0.39, 0.29) is 11.8 Å². The minimum Gasteiger partial charge on any atom is -0.493 e. The second kappa shape index (κ2) is 10.6. The zero-order chi connectivity index (χ0) is 25.1. The van der Waals surface area contributed by atoms with Crippen molar-refractivity contribution in [2.45, 2.75) is 19.4 Å². The van der Waals surface area contributed by atoms with Gasteiger partial charge < -0.3 is 24.0 Å². The highest BCUT2D eigenvalue weighted by atomic mass is 16.5. The third kappa shape index (κ3) is 4.75. The van der Waals surface area contributed by atoms with Gasteiger partial charge in [-0.25, -0.2) is 0 Å². The molecule has 3 aromatic rings. The molecule has 2 fully saturated rings. The summed E-state index contributed by atoms with van der Waals surface area (Å²) in [6.07, 6.45) is 3.28. The van der Waals surface area contributed by atoms with E-state index in [9.17, 15) is 4.79 Å². The first kappa shape index (κ1) is 24.1. The van der Waals surface area contributed by atoms with E-state index >= 15 is 0 Å². The van der Waals surface area contributed by atoms with E-state index in [1.54, 1.807) is 32.2 Å². The van der Waals surface area contributed by atoms with E-state index in [4.69, 9.17) is 14.2 Å². The summed E-state index contributed by atoms with van der Waals surface area (Å²) in [5.41, 5.74) is 1.77. The molecular weight excluding hydrogens is 462 g/mol. The number of nitrogens with zero attached hydrogens (tertiary/aromatic N) is 7. The number of benzene rings is 1. The van der Waals surface area contributed by atoms with Gasteiger partial charge in [-0.05, 0) is 31.0 Å². The molecule has 0 saturated carbocycles. The molecule has 0 unspecified atom stereocenters. The van der Waals surface area contributed by atoms with E-state index in [1.807, 2.05) is 29.2 Å². The third-order valence-corrected chi connectivity index (χ3v) is 7.18. The van der Waals surface area contributed by atoms with Crippen LogP contribution in [0.3, 0.4) is 0 Å². The Kier molecular flexibility index (Phi) is 7.08. The summed E-state index contributed by atoms with van der Waals surface area (Å²) < 4.78 is 18.2. The Labute approximate surface area is 210 Å². The summed E-state index contributed by atoms with van der Waals surface area (Å²) in [6.45, 7) is 5.48. The molecule has 2 aliphatic heterocycles. The normalized spacial score (nSPS) is 17.4. The van der Waals surface area contributed by atoms with Crippen LogP contribution < -0.4 is 19.1 Å². The molecule has 0 spiro atoms. The highest BCUT2D eigenvalue weighted by Crippen LogP contribution is 2.40. The van der Waals surface area contributed by atoms with Crippen molar-refractivity contribution < 1.29 is 19.0 Å². The molecular formula is C25H33N7O4. The van der Waals surface area contributed by atoms with Gasteiger partial charge in [0.2, 0.25) is 11.7 Å². The van der Waals surface area contributed by atoms with Crippen molar-refractivity contribution in [1.82, 2.24) is 29.6 Å². The number of anilines is 1. The zero-order valence-corrected chi connectivity index (χ0v) is 21.1. The lowest BCUT2D eigenvalue weighted by Gasteiger charge is -2.39. The lowest BCUT2D eigenvalue weighted by Crippen LogP contribution is -2.51. The number of carbonyl (C=O) groups excluding carboxylic acids is 1. The average molecular weight is 496 g/mol. The van der Waals surface area contributed by atoms with Crippen molar-refractivity contribution in [1.29, 1.82) is 0 Å². The lowest BCUT2D eigenvalue weighted by molar-refractivity contribution is -0.138. The van der Waals surface area contributed by atoms with E-state index in [2.05, 4.69) is 25.1 Å². The minimum absolute atomic E-state index is 0.0670. The molecule has 2 aromatic heterocycles. The number of rotatable bonds is 7. The maximum atomic E-state index is 13.3. The van der Waals surface area contributed by atoms with E-state index in [1.165, 1.54) is 0 Å². The third-order valence-electron chi connectivity index (χ3n) is 7.18. The molecule has 1 aromatic carbocycles. The van der Waals surface area contributed by atoms with E-state index < -0.39 is 0 Å². The van der Waals surface area contributed by atoms with Gasteiger partial charge in [0.15, 0.2) is 17.1 Å². The summed E-state index contributed by atoms with van der Waals surface area (Å²) >= 11 is 0. The van der Waals surface area contributed by atoms with Crippen LogP contribution in [0.2, 0.25) is 0 Å². The number of piperidine rings is 1. The summed E-state index contributed by atoms with van der Waals surface area (Å²) in [4.78, 5) is 19.9. The maximum Gasteiger partial charge on any atom is 0.225 e. The average Bonchev–Trinajstić information content (AvgIpc) is 3.41. The number of ether oxygens (including phenoxy) is 3. The molecule has 0 radical (unpaired) electrons. The second-order valence-corrected chi connectivity index (χ2v) is 9.18. The van der Waals surface area contributed by atoms with Gasteiger partial charge in [0, 0.05) is 57.3 Å². The molecule has 36 heavy (non-hydrogen) atoms. The Hall–Kier alpha value is -3.60. The number of fused-ring (bicyclic) bond motifs is 1. The van der Waals surface area contributed by atoms with Crippen LogP contribution in [0, 0.1) is 5.92 Å². The lowest BCUT2D eigenvalue weighted by atomic mass is 9.95. The van der Waals surface area contributed by atoms with Crippen molar-refractivity contribution in [3.8, 4) is 17.2 Å². The Morgan fingerprint density at radius 3 is 2.36 bits per heavy atom. The molecule has 0 aliphatic carbocycles. The van der Waals surface area contributed by atoms with Gasteiger partial charge in [0.05, 0.1) is 21.3 Å². The van der Waals surface area contributed by atoms with Crippen molar-refractivity contribution in [2.24, 2.45) is 5.92 Å². The predicted molar refractivity (Wildman–Crippen MR) is 134 cm³/mol. The Morgan fingerprint density at radius 1 is 0.917 bits per heavy atom. The maximum absolute atomic E-state index is 13.3. The van der Waals surface area contributed by atoms with Crippen LogP contribution in [0.5, 0.6) is 17.2 Å². The van der Waals surface area contributed by atoms with Crippen molar-refractivity contribution in [3.05, 3.63) is 36.2 Å². The smallest absolute Gasteiger partial charge is 0.225 e. The van der Waals surface area contributed by atoms with Gasteiger partial charge >= 0.3 is 0 Å². The fourth-order valence-electron chi connectivity index (χ4n) is 5.16. The first-order valence-corrected chi connectivity index (χ1v) is 12.3. The summed E-state index contributed by atoms with van der Waals surface area (Å²) in [6, 6.07) is 7.81. The number of aromatic nitrogens is 4. The molecule has 11 heteroatoms. The molecule has 0 N–H and O–H groups in total. The number of amides is 1. The number of methoxy groups -OCH3 is 3. The largest absolute Gasteiger partial charge is 0.493 e. The number of hydrogen-bond acceptors (Lipinski definition) is 9. The van der Waals surface area contributed by atoms with Crippen LogP contribution in [0.1, 0.15) is 18.4 Å². The zero-order valence-electron chi connectivity index (χ0n) is 21.1. The van der Waals surface area contributed by atoms with Crippen LogP contribution in [-0.2, 0) is 11.3 Å². The molecule has 0 bridgehead atoms. The Balaban J connectivity index is 1.13. The molecule has 2 saturated heterocycles. The van der Waals surface area contributed by atoms with E-state index in [0.29, 0.717) is 17.2 Å². The standard InChI is InChI=1S/C25H33N7O4/c1-34-20-5-4-19(23(35-2)24(20)36-3)16-29-12-14-31(15-13-29)25(33)18-8-10-30(11-9-18)22-7-6-21-27-26-17-32(21)28-22/h4-7,17-18H,8-16H2,1-3H3. The van der Waals surface area contributed by atoms with Crippen LogP contribution in [-0.4, -0.2) is 96.1 Å². The first-order chi connectivity index (χ1) is 17.6. The Bertz CT molecular complexity index is 1200. The van der Waals surface area contributed by atoms with Gasteiger partial charge in [-0.3, -0.25) is 9.69 Å². The van der Waals surface area contributed by atoms with Gasteiger partial charge in [0.25, 0.3) is 0 Å². The predicted octanol–water partition coefficient (Wildman–Crippen LogP) is 1.71. The topological polar surface area (TPSA) is 97.6 Å². The molecule has 5 rings (SSSR count).